The fraction of sp³-hybridized carbons (Fsp3) is 0.458. The maximum atomic E-state index is 12.2. The van der Waals surface area contributed by atoms with E-state index in [-0.39, 0.29) is 6.09 Å². The van der Waals surface area contributed by atoms with Gasteiger partial charge in [0.05, 0.1) is 0 Å². The van der Waals surface area contributed by atoms with Crippen molar-refractivity contribution in [2.24, 2.45) is 0 Å². The van der Waals surface area contributed by atoms with Gasteiger partial charge in [0.15, 0.2) is 0 Å². The Morgan fingerprint density at radius 2 is 1.53 bits per heavy atom. The number of fused-ring (bicyclic) bond motifs is 1. The molecule has 160 valence electrons. The molecule has 0 N–H and O–H groups in total. The molecule has 0 saturated carbocycles. The minimum Gasteiger partial charge on any atom is -0.444 e. The van der Waals surface area contributed by atoms with Crippen LogP contribution in [0.4, 0.5) is 4.79 Å². The lowest BCUT2D eigenvalue weighted by molar-refractivity contribution is 0.0139. The number of rotatable bonds is 4. The zero-order valence-corrected chi connectivity index (χ0v) is 19.0. The second-order valence-electron chi connectivity index (χ2n) is 9.05. The van der Waals surface area contributed by atoms with Crippen LogP contribution in [0.1, 0.15) is 37.5 Å². The van der Waals surface area contributed by atoms with Gasteiger partial charge >= 0.3 is 6.09 Å². The summed E-state index contributed by atoms with van der Waals surface area (Å²) in [6, 6.07) is 17.6. The van der Waals surface area contributed by atoms with E-state index in [1.807, 2.05) is 37.6 Å². The van der Waals surface area contributed by atoms with Crippen LogP contribution >= 0.6 is 11.9 Å². The minimum absolute atomic E-state index is 0.201. The molecule has 4 rings (SSSR count). The number of benzene rings is 2. The number of hydrogen-bond acceptors (Lipinski definition) is 5. The molecule has 0 unspecified atom stereocenters. The zero-order valence-electron chi connectivity index (χ0n) is 18.1. The van der Waals surface area contributed by atoms with Crippen LogP contribution in [0.5, 0.6) is 0 Å². The van der Waals surface area contributed by atoms with Crippen LogP contribution in [0.15, 0.2) is 53.4 Å². The van der Waals surface area contributed by atoms with Crippen LogP contribution in [-0.4, -0.2) is 52.0 Å². The van der Waals surface area contributed by atoms with Gasteiger partial charge in [0, 0.05) is 50.7 Å². The Morgan fingerprint density at radius 3 is 2.10 bits per heavy atom. The number of amides is 1. The van der Waals surface area contributed by atoms with Crippen LogP contribution in [-0.2, 0) is 24.4 Å². The van der Waals surface area contributed by atoms with Crippen molar-refractivity contribution in [3.8, 4) is 0 Å². The first kappa shape index (κ1) is 21.2. The van der Waals surface area contributed by atoms with Crippen LogP contribution in [0.25, 0.3) is 0 Å². The van der Waals surface area contributed by atoms with E-state index < -0.39 is 5.60 Å². The molecule has 0 aliphatic carbocycles. The molecule has 2 aromatic carbocycles. The van der Waals surface area contributed by atoms with Crippen molar-refractivity contribution in [1.82, 2.24) is 14.1 Å². The standard InChI is InChI=1S/C24H31N3O2S/c1-24(2,3)29-23(28)26-14-12-25(13-15-26)16-19-8-10-22(11-9-19)30-27-17-20-6-4-5-7-21(20)18-27/h4-11H,12-18H2,1-3H3. The van der Waals surface area contributed by atoms with E-state index >= 15 is 0 Å². The Bertz CT molecular complexity index is 846. The van der Waals surface area contributed by atoms with Crippen molar-refractivity contribution in [2.45, 2.75) is 50.9 Å². The third-order valence-electron chi connectivity index (χ3n) is 5.40. The Hall–Kier alpha value is -2.02. The molecule has 0 aromatic heterocycles. The van der Waals surface area contributed by atoms with Crippen LogP contribution in [0.2, 0.25) is 0 Å². The number of carbonyl (C=O) groups excluding carboxylic acids is 1. The first-order valence-corrected chi connectivity index (χ1v) is 11.4. The second kappa shape index (κ2) is 9.00. The molecule has 2 heterocycles. The summed E-state index contributed by atoms with van der Waals surface area (Å²) in [5.74, 6) is 0. The Balaban J connectivity index is 1.23. The van der Waals surface area contributed by atoms with Crippen LogP contribution < -0.4 is 0 Å². The van der Waals surface area contributed by atoms with Crippen molar-refractivity contribution < 1.29 is 9.53 Å². The third kappa shape index (κ3) is 5.56. The highest BCUT2D eigenvalue weighted by atomic mass is 32.2. The molecule has 6 heteroatoms. The summed E-state index contributed by atoms with van der Waals surface area (Å²) in [7, 11) is 0. The molecule has 2 aromatic rings. The molecule has 5 nitrogen and oxygen atoms in total. The van der Waals surface area contributed by atoms with Crippen LogP contribution in [0, 0.1) is 0 Å². The van der Waals surface area contributed by atoms with Gasteiger partial charge in [-0.15, -0.1) is 0 Å². The van der Waals surface area contributed by atoms with E-state index in [1.54, 1.807) is 0 Å². The highest BCUT2D eigenvalue weighted by molar-refractivity contribution is 7.97. The summed E-state index contributed by atoms with van der Waals surface area (Å²) in [6.07, 6.45) is -0.201. The average Bonchev–Trinajstić information content (AvgIpc) is 3.11. The average molecular weight is 426 g/mol. The van der Waals surface area contributed by atoms with E-state index in [9.17, 15) is 4.79 Å². The Kier molecular flexibility index (Phi) is 6.37. The zero-order chi connectivity index (χ0) is 21.1. The predicted molar refractivity (Wildman–Crippen MR) is 121 cm³/mol. The van der Waals surface area contributed by atoms with Crippen molar-refractivity contribution in [2.75, 3.05) is 26.2 Å². The fourth-order valence-corrected chi connectivity index (χ4v) is 4.81. The Morgan fingerprint density at radius 1 is 0.933 bits per heavy atom. The molecule has 1 saturated heterocycles. The largest absolute Gasteiger partial charge is 0.444 e. The maximum Gasteiger partial charge on any atom is 0.410 e. The first-order valence-electron chi connectivity index (χ1n) is 10.6. The molecule has 2 aliphatic heterocycles. The van der Waals surface area contributed by atoms with Gasteiger partial charge in [-0.1, -0.05) is 36.4 Å². The van der Waals surface area contributed by atoms with Gasteiger partial charge in [-0.3, -0.25) is 4.90 Å². The molecule has 1 fully saturated rings. The number of piperazine rings is 1. The van der Waals surface area contributed by atoms with E-state index in [2.05, 4.69) is 57.7 Å². The van der Waals surface area contributed by atoms with E-state index in [4.69, 9.17) is 4.74 Å². The molecule has 0 atom stereocenters. The summed E-state index contributed by atoms with van der Waals surface area (Å²) in [6.45, 7) is 11.8. The molecule has 1 amide bonds. The molecule has 0 bridgehead atoms. The number of hydrogen-bond donors (Lipinski definition) is 0. The Labute approximate surface area is 184 Å². The summed E-state index contributed by atoms with van der Waals surface area (Å²) >= 11 is 1.83. The lowest BCUT2D eigenvalue weighted by Crippen LogP contribution is -2.49. The summed E-state index contributed by atoms with van der Waals surface area (Å²) in [5.41, 5.74) is 3.75. The number of ether oxygens (including phenoxy) is 1. The van der Waals surface area contributed by atoms with Gasteiger partial charge in [0.2, 0.25) is 0 Å². The van der Waals surface area contributed by atoms with Gasteiger partial charge in [0.1, 0.15) is 5.60 Å². The summed E-state index contributed by atoms with van der Waals surface area (Å²) in [4.78, 5) is 17.7. The second-order valence-corrected chi connectivity index (χ2v) is 10.2. The van der Waals surface area contributed by atoms with Crippen LogP contribution in [0.3, 0.4) is 0 Å². The molecule has 2 aliphatic rings. The monoisotopic (exact) mass is 425 g/mol. The SMILES string of the molecule is CC(C)(C)OC(=O)N1CCN(Cc2ccc(SN3Cc4ccccc4C3)cc2)CC1. The topological polar surface area (TPSA) is 36.0 Å². The van der Waals surface area contributed by atoms with Gasteiger partial charge < -0.3 is 9.64 Å². The molecular weight excluding hydrogens is 394 g/mol. The van der Waals surface area contributed by atoms with Gasteiger partial charge in [-0.2, -0.15) is 0 Å². The quantitative estimate of drug-likeness (QED) is 0.660. The fourth-order valence-electron chi connectivity index (χ4n) is 3.84. The third-order valence-corrected chi connectivity index (χ3v) is 6.40. The highest BCUT2D eigenvalue weighted by Gasteiger charge is 2.26. The maximum absolute atomic E-state index is 12.2. The molecule has 0 spiro atoms. The van der Waals surface area contributed by atoms with Crippen molar-refractivity contribution in [3.05, 3.63) is 65.2 Å². The van der Waals surface area contributed by atoms with E-state index in [1.165, 1.54) is 21.6 Å². The molecule has 0 radical (unpaired) electrons. The van der Waals surface area contributed by atoms with Gasteiger partial charge in [-0.25, -0.2) is 9.10 Å². The smallest absolute Gasteiger partial charge is 0.410 e. The molecule has 30 heavy (non-hydrogen) atoms. The lowest BCUT2D eigenvalue weighted by Gasteiger charge is -2.35. The van der Waals surface area contributed by atoms with E-state index in [0.717, 1.165) is 45.8 Å². The minimum atomic E-state index is -0.439. The van der Waals surface area contributed by atoms with Crippen molar-refractivity contribution >= 4 is 18.0 Å². The van der Waals surface area contributed by atoms with E-state index in [0.29, 0.717) is 0 Å². The first-order chi connectivity index (χ1) is 14.4. The predicted octanol–water partition coefficient (Wildman–Crippen LogP) is 4.76. The molecular formula is C24H31N3O2S. The van der Waals surface area contributed by atoms with Gasteiger partial charge in [-0.05, 0) is 61.5 Å². The summed E-state index contributed by atoms with van der Waals surface area (Å²) < 4.78 is 7.89. The van der Waals surface area contributed by atoms with Crippen molar-refractivity contribution in [1.29, 1.82) is 0 Å². The van der Waals surface area contributed by atoms with Gasteiger partial charge in [0.25, 0.3) is 0 Å². The number of carbonyl (C=O) groups is 1. The highest BCUT2D eigenvalue weighted by Crippen LogP contribution is 2.32. The number of nitrogens with zero attached hydrogens (tertiary/aromatic N) is 3. The normalized spacial score (nSPS) is 17.8. The summed E-state index contributed by atoms with van der Waals surface area (Å²) in [5, 5.41) is 0. The van der Waals surface area contributed by atoms with Crippen molar-refractivity contribution in [3.63, 3.8) is 0 Å². The lowest BCUT2D eigenvalue weighted by atomic mass is 10.1.